The maximum absolute atomic E-state index is 12.2. The van der Waals surface area contributed by atoms with Crippen LogP contribution in [0, 0.1) is 0 Å². The van der Waals surface area contributed by atoms with Gasteiger partial charge in [0.1, 0.15) is 11.5 Å². The highest BCUT2D eigenvalue weighted by molar-refractivity contribution is 5.91. The van der Waals surface area contributed by atoms with Gasteiger partial charge >= 0.3 is 11.9 Å². The molecule has 0 amide bonds. The third kappa shape index (κ3) is 10.9. The van der Waals surface area contributed by atoms with Gasteiger partial charge in [0.05, 0.1) is 18.8 Å². The third-order valence-corrected chi connectivity index (χ3v) is 6.01. The molecule has 7 nitrogen and oxygen atoms in total. The Morgan fingerprint density at radius 2 is 1.44 bits per heavy atom. The number of carbonyl (C=O) groups excluding carboxylic acids is 2. The summed E-state index contributed by atoms with van der Waals surface area (Å²) in [6.07, 6.45) is 10.2. The van der Waals surface area contributed by atoms with Crippen LogP contribution in [-0.4, -0.2) is 25.2 Å². The van der Waals surface area contributed by atoms with Crippen molar-refractivity contribution in [3.63, 3.8) is 0 Å². The molecule has 3 aromatic carbocycles. The third-order valence-electron chi connectivity index (χ3n) is 6.01. The number of hydrogen-bond donors (Lipinski definition) is 2. The Morgan fingerprint density at radius 1 is 0.769 bits per heavy atom. The minimum atomic E-state index is -0.431. The van der Waals surface area contributed by atoms with Gasteiger partial charge in [-0.3, -0.25) is 0 Å². The lowest BCUT2D eigenvalue weighted by Gasteiger charge is -2.08. The fraction of sp³-hybridized carbons (Fsp3) is 0.312. The molecular weight excluding hydrogens is 492 g/mol. The first-order chi connectivity index (χ1) is 18.9. The number of benzene rings is 3. The summed E-state index contributed by atoms with van der Waals surface area (Å²) in [5.41, 5.74) is 14.8. The molecule has 0 radical (unpaired) electrons. The fourth-order valence-electron chi connectivity index (χ4n) is 3.91. The van der Waals surface area contributed by atoms with Gasteiger partial charge in [-0.1, -0.05) is 44.0 Å². The largest absolute Gasteiger partial charge is 0.494 e. The van der Waals surface area contributed by atoms with E-state index in [9.17, 15) is 9.59 Å². The number of ether oxygens (including phenoxy) is 3. The highest BCUT2D eigenvalue weighted by Crippen LogP contribution is 2.17. The summed E-state index contributed by atoms with van der Waals surface area (Å²) < 4.78 is 16.4. The summed E-state index contributed by atoms with van der Waals surface area (Å²) in [5, 5.41) is 0. The van der Waals surface area contributed by atoms with E-state index in [1.807, 2.05) is 48.5 Å². The molecule has 0 aliphatic carbocycles. The Hall–Kier alpha value is -4.26. The average Bonchev–Trinajstić information content (AvgIpc) is 2.92. The zero-order valence-electron chi connectivity index (χ0n) is 22.6. The van der Waals surface area contributed by atoms with E-state index in [2.05, 4.69) is 6.92 Å². The van der Waals surface area contributed by atoms with Gasteiger partial charge in [0.2, 0.25) is 0 Å². The molecule has 0 saturated heterocycles. The van der Waals surface area contributed by atoms with Crippen LogP contribution in [0.5, 0.6) is 11.5 Å². The highest BCUT2D eigenvalue weighted by atomic mass is 16.5. The maximum Gasteiger partial charge on any atom is 0.338 e. The molecule has 0 unspecified atom stereocenters. The quantitative estimate of drug-likeness (QED) is 0.0747. The van der Waals surface area contributed by atoms with Crippen LogP contribution in [0.2, 0.25) is 0 Å². The van der Waals surface area contributed by atoms with Crippen LogP contribution in [-0.2, 0) is 16.0 Å². The van der Waals surface area contributed by atoms with Crippen LogP contribution in [0.4, 0.5) is 11.4 Å². The summed E-state index contributed by atoms with van der Waals surface area (Å²) in [5.74, 6) is 0.438. The average molecular weight is 531 g/mol. The lowest BCUT2D eigenvalue weighted by Crippen LogP contribution is -2.08. The van der Waals surface area contributed by atoms with Crippen molar-refractivity contribution < 1.29 is 23.8 Å². The lowest BCUT2D eigenvalue weighted by molar-refractivity contribution is -0.128. The summed E-state index contributed by atoms with van der Waals surface area (Å²) >= 11 is 0. The lowest BCUT2D eigenvalue weighted by atomic mass is 10.1. The molecule has 3 rings (SSSR count). The van der Waals surface area contributed by atoms with E-state index in [-0.39, 0.29) is 0 Å². The zero-order chi connectivity index (χ0) is 27.9. The number of esters is 2. The Balaban J connectivity index is 1.29. The molecule has 0 aliphatic heterocycles. The van der Waals surface area contributed by atoms with Crippen molar-refractivity contribution in [3.8, 4) is 11.5 Å². The SMILES string of the molecule is CCCCCc1ccc(OC(=O)/C=C/c2ccc(OCCCCCOC(=O)c3cc(N)cc(N)c3)cc2)cc1. The van der Waals surface area contributed by atoms with E-state index in [0.717, 1.165) is 37.0 Å². The van der Waals surface area contributed by atoms with E-state index in [1.54, 1.807) is 24.3 Å². The Kier molecular flexibility index (Phi) is 11.9. The van der Waals surface area contributed by atoms with E-state index in [0.29, 0.717) is 35.9 Å². The smallest absolute Gasteiger partial charge is 0.338 e. The van der Waals surface area contributed by atoms with Gasteiger partial charge in [-0.2, -0.15) is 0 Å². The van der Waals surface area contributed by atoms with E-state index in [4.69, 9.17) is 25.7 Å². The normalized spacial score (nSPS) is 10.9. The number of rotatable bonds is 15. The van der Waals surface area contributed by atoms with Crippen molar-refractivity contribution in [2.24, 2.45) is 0 Å². The molecule has 3 aromatic rings. The van der Waals surface area contributed by atoms with E-state index >= 15 is 0 Å². The number of hydrogen-bond acceptors (Lipinski definition) is 7. The monoisotopic (exact) mass is 530 g/mol. The molecule has 0 aromatic heterocycles. The first kappa shape index (κ1) is 29.3. The van der Waals surface area contributed by atoms with Gasteiger partial charge in [-0.05, 0) is 91.8 Å². The van der Waals surface area contributed by atoms with Gasteiger partial charge in [0.25, 0.3) is 0 Å². The van der Waals surface area contributed by atoms with Crippen molar-refractivity contribution in [2.75, 3.05) is 24.7 Å². The van der Waals surface area contributed by atoms with Gasteiger partial charge in [0, 0.05) is 17.5 Å². The first-order valence-corrected chi connectivity index (χ1v) is 13.5. The van der Waals surface area contributed by atoms with E-state index < -0.39 is 11.9 Å². The summed E-state index contributed by atoms with van der Waals surface area (Å²) in [6.45, 7) is 3.06. The Labute approximate surface area is 230 Å². The van der Waals surface area contributed by atoms with Gasteiger partial charge in [-0.15, -0.1) is 0 Å². The predicted octanol–water partition coefficient (Wildman–Crippen LogP) is 6.61. The van der Waals surface area contributed by atoms with Gasteiger partial charge in [-0.25, -0.2) is 9.59 Å². The Morgan fingerprint density at radius 3 is 2.13 bits per heavy atom. The topological polar surface area (TPSA) is 114 Å². The van der Waals surface area contributed by atoms with Crippen molar-refractivity contribution >= 4 is 29.4 Å². The van der Waals surface area contributed by atoms with Crippen LogP contribution in [0.25, 0.3) is 6.08 Å². The van der Waals surface area contributed by atoms with Crippen LogP contribution >= 0.6 is 0 Å². The second-order valence-corrected chi connectivity index (χ2v) is 9.36. The van der Waals surface area contributed by atoms with Gasteiger partial charge < -0.3 is 25.7 Å². The predicted molar refractivity (Wildman–Crippen MR) is 156 cm³/mol. The highest BCUT2D eigenvalue weighted by Gasteiger charge is 2.08. The summed E-state index contributed by atoms with van der Waals surface area (Å²) in [4.78, 5) is 24.2. The number of aryl methyl sites for hydroxylation is 1. The summed E-state index contributed by atoms with van der Waals surface area (Å²) in [7, 11) is 0. The molecule has 7 heteroatoms. The number of unbranched alkanes of at least 4 members (excludes halogenated alkanes) is 4. The molecular formula is C32H38N2O5. The zero-order valence-corrected chi connectivity index (χ0v) is 22.6. The van der Waals surface area contributed by atoms with Gasteiger partial charge in [0.15, 0.2) is 0 Å². The minimum Gasteiger partial charge on any atom is -0.494 e. The number of carbonyl (C=O) groups is 2. The van der Waals surface area contributed by atoms with Crippen LogP contribution in [0.15, 0.2) is 72.8 Å². The molecule has 0 spiro atoms. The van der Waals surface area contributed by atoms with Crippen LogP contribution < -0.4 is 20.9 Å². The van der Waals surface area contributed by atoms with E-state index in [1.165, 1.54) is 30.9 Å². The number of nitrogens with two attached hydrogens (primary N) is 2. The van der Waals surface area contributed by atoms with Crippen molar-refractivity contribution in [1.29, 1.82) is 0 Å². The van der Waals surface area contributed by atoms with Crippen molar-refractivity contribution in [3.05, 3.63) is 89.5 Å². The molecule has 0 atom stereocenters. The second kappa shape index (κ2) is 15.9. The first-order valence-electron chi connectivity index (χ1n) is 13.5. The molecule has 0 saturated carbocycles. The summed E-state index contributed by atoms with van der Waals surface area (Å²) in [6, 6.07) is 19.9. The Bertz CT molecular complexity index is 1200. The minimum absolute atomic E-state index is 0.321. The molecule has 0 bridgehead atoms. The van der Waals surface area contributed by atoms with Crippen molar-refractivity contribution in [1.82, 2.24) is 0 Å². The standard InChI is InChI=1S/C32H38N2O5/c1-2-3-5-8-24-11-16-30(17-12-24)39-31(35)18-13-25-9-14-29(15-10-25)37-19-6-4-7-20-38-32(36)26-21-27(33)23-28(34)22-26/h9-18,21-23H,2-8,19-20,33-34H2,1H3/b18-13+. The molecule has 0 fully saturated rings. The molecule has 206 valence electrons. The second-order valence-electron chi connectivity index (χ2n) is 9.36. The van der Waals surface area contributed by atoms with Crippen molar-refractivity contribution in [2.45, 2.75) is 51.9 Å². The molecule has 39 heavy (non-hydrogen) atoms. The molecule has 0 heterocycles. The fourth-order valence-corrected chi connectivity index (χ4v) is 3.91. The van der Waals surface area contributed by atoms with Crippen LogP contribution in [0.3, 0.4) is 0 Å². The number of nitrogen functional groups attached to an aromatic ring is 2. The van der Waals surface area contributed by atoms with Crippen LogP contribution in [0.1, 0.15) is 66.9 Å². The maximum atomic E-state index is 12.2. The number of anilines is 2. The molecule has 0 aliphatic rings. The molecule has 4 N–H and O–H groups in total.